The van der Waals surface area contributed by atoms with E-state index in [0.717, 1.165) is 28.7 Å². The molecule has 2 heterocycles. The van der Waals surface area contributed by atoms with E-state index in [9.17, 15) is 13.6 Å². The maximum Gasteiger partial charge on any atom is 0.280 e. The number of nitrogens with two attached hydrogens (primary N) is 1. The quantitative estimate of drug-likeness (QED) is 0.485. The molecule has 2 aromatic carbocycles. The number of nitrogens with zero attached hydrogens (tertiary/aromatic N) is 4. The Labute approximate surface area is 181 Å². The number of carbonyl (C=O) groups is 1. The maximum atomic E-state index is 13.7. The molecule has 0 unspecified atom stereocenters. The maximum absolute atomic E-state index is 13.7. The van der Waals surface area contributed by atoms with E-state index >= 15 is 0 Å². The third kappa shape index (κ3) is 3.26. The molecule has 0 saturated heterocycles. The Morgan fingerprint density at radius 2 is 1.88 bits per heavy atom. The summed E-state index contributed by atoms with van der Waals surface area (Å²) in [5.41, 5.74) is 7.66. The second-order valence-electron chi connectivity index (χ2n) is 7.90. The molecule has 5 rings (SSSR count). The summed E-state index contributed by atoms with van der Waals surface area (Å²) in [5, 5.41) is 8.43. The Bertz CT molecular complexity index is 1310. The zero-order valence-corrected chi connectivity index (χ0v) is 17.1. The topological polar surface area (TPSA) is 99.8 Å². The van der Waals surface area contributed by atoms with E-state index in [1.54, 1.807) is 0 Å². The van der Waals surface area contributed by atoms with Crippen LogP contribution in [0.1, 0.15) is 52.3 Å². The normalized spacial score (nSPS) is 14.6. The molecular formula is C23H19F2N5O2. The van der Waals surface area contributed by atoms with Crippen LogP contribution >= 0.6 is 0 Å². The van der Waals surface area contributed by atoms with Crippen molar-refractivity contribution in [3.63, 3.8) is 0 Å². The fourth-order valence-electron chi connectivity index (χ4n) is 4.00. The van der Waals surface area contributed by atoms with Crippen LogP contribution in [0.25, 0.3) is 17.3 Å². The Morgan fingerprint density at radius 1 is 1.16 bits per heavy atom. The summed E-state index contributed by atoms with van der Waals surface area (Å²) in [5.74, 6) is 0.00265. The molecule has 0 bridgehead atoms. The zero-order chi connectivity index (χ0) is 22.5. The van der Waals surface area contributed by atoms with Gasteiger partial charge < -0.3 is 10.3 Å². The first kappa shape index (κ1) is 20.0. The highest BCUT2D eigenvalue weighted by atomic mass is 19.3. The number of aromatic nitrogens is 4. The summed E-state index contributed by atoms with van der Waals surface area (Å²) in [4.78, 5) is 15.8. The monoisotopic (exact) mass is 435 g/mol. The van der Waals surface area contributed by atoms with Crippen molar-refractivity contribution in [3.05, 3.63) is 82.8 Å². The third-order valence-corrected chi connectivity index (χ3v) is 5.84. The molecule has 1 aliphatic rings. The van der Waals surface area contributed by atoms with Gasteiger partial charge in [0.05, 0.1) is 11.1 Å². The minimum Gasteiger partial charge on any atom is -0.366 e. The predicted molar refractivity (Wildman–Crippen MR) is 112 cm³/mol. The van der Waals surface area contributed by atoms with Gasteiger partial charge in [0.2, 0.25) is 5.91 Å². The molecule has 1 fully saturated rings. The van der Waals surface area contributed by atoms with Gasteiger partial charge in [0.1, 0.15) is 5.69 Å². The van der Waals surface area contributed by atoms with E-state index in [2.05, 4.69) is 21.3 Å². The summed E-state index contributed by atoms with van der Waals surface area (Å²) in [6.45, 7) is 2.04. The average Bonchev–Trinajstić information content (AvgIpc) is 3.22. The van der Waals surface area contributed by atoms with Crippen LogP contribution in [0.5, 0.6) is 0 Å². The lowest BCUT2D eigenvalue weighted by Crippen LogP contribution is -2.12. The van der Waals surface area contributed by atoms with E-state index in [0.29, 0.717) is 11.5 Å². The molecule has 2 N–H and O–H groups in total. The fraction of sp³-hybridized carbons (Fsp3) is 0.217. The van der Waals surface area contributed by atoms with Crippen molar-refractivity contribution < 1.29 is 18.1 Å². The number of benzene rings is 2. The minimum atomic E-state index is -2.78. The van der Waals surface area contributed by atoms with Crippen LogP contribution in [0.15, 0.2) is 59.1 Å². The molecule has 2 aromatic heterocycles. The number of hydrogen-bond donors (Lipinski definition) is 1. The van der Waals surface area contributed by atoms with E-state index in [-0.39, 0.29) is 28.3 Å². The highest BCUT2D eigenvalue weighted by Gasteiger charge is 2.50. The summed E-state index contributed by atoms with van der Waals surface area (Å²) in [6.07, 6.45) is -1.00. The van der Waals surface area contributed by atoms with Crippen molar-refractivity contribution in [1.29, 1.82) is 0 Å². The lowest BCUT2D eigenvalue weighted by Gasteiger charge is -2.13. The number of alkyl halides is 2. The molecule has 9 heteroatoms. The fourth-order valence-corrected chi connectivity index (χ4v) is 4.00. The number of carbonyl (C=O) groups excluding carboxylic acids is 1. The third-order valence-electron chi connectivity index (χ3n) is 5.84. The smallest absolute Gasteiger partial charge is 0.280 e. The Hall–Kier alpha value is -3.88. The van der Waals surface area contributed by atoms with Crippen LogP contribution in [0, 0.1) is 6.92 Å². The van der Waals surface area contributed by atoms with Crippen molar-refractivity contribution in [2.75, 3.05) is 0 Å². The number of aryl methyl sites for hydroxylation is 1. The van der Waals surface area contributed by atoms with E-state index in [4.69, 9.17) is 10.3 Å². The molecular weight excluding hydrogens is 416 g/mol. The van der Waals surface area contributed by atoms with Gasteiger partial charge in [-0.2, -0.15) is 10.1 Å². The van der Waals surface area contributed by atoms with Gasteiger partial charge in [0.15, 0.2) is 11.5 Å². The summed E-state index contributed by atoms with van der Waals surface area (Å²) in [6, 6.07) is 15.2. The highest BCUT2D eigenvalue weighted by Crippen LogP contribution is 2.53. The number of rotatable bonds is 6. The molecule has 1 saturated carbocycles. The number of hydrogen-bond acceptors (Lipinski definition) is 5. The van der Waals surface area contributed by atoms with Crippen molar-refractivity contribution >= 4 is 5.91 Å². The van der Waals surface area contributed by atoms with Crippen LogP contribution < -0.4 is 5.73 Å². The van der Waals surface area contributed by atoms with Crippen LogP contribution in [0.3, 0.4) is 0 Å². The molecule has 1 amide bonds. The van der Waals surface area contributed by atoms with Crippen LogP contribution in [-0.2, 0) is 5.41 Å². The largest absolute Gasteiger partial charge is 0.366 e. The Balaban J connectivity index is 1.52. The first-order valence-corrected chi connectivity index (χ1v) is 10.1. The number of primary amides is 1. The van der Waals surface area contributed by atoms with Crippen LogP contribution in [-0.4, -0.2) is 25.8 Å². The SMILES string of the molecule is Cc1ccccc1C1(c2noc(-c3cc(C(F)F)n(-c4ccc(C(N)=O)cc4)n3)n2)CC1. The average molecular weight is 435 g/mol. The lowest BCUT2D eigenvalue weighted by molar-refractivity contribution is 0.1000. The molecule has 1 aliphatic carbocycles. The summed E-state index contributed by atoms with van der Waals surface area (Å²) >= 11 is 0. The van der Waals surface area contributed by atoms with Crippen LogP contribution in [0.4, 0.5) is 8.78 Å². The van der Waals surface area contributed by atoms with Crippen molar-refractivity contribution in [3.8, 4) is 17.3 Å². The second-order valence-corrected chi connectivity index (χ2v) is 7.90. The molecule has 0 aliphatic heterocycles. The second kappa shape index (κ2) is 7.37. The first-order chi connectivity index (χ1) is 15.4. The molecule has 32 heavy (non-hydrogen) atoms. The van der Waals surface area contributed by atoms with Gasteiger partial charge >= 0.3 is 0 Å². The highest BCUT2D eigenvalue weighted by molar-refractivity contribution is 5.92. The molecule has 4 aromatic rings. The van der Waals surface area contributed by atoms with Gasteiger partial charge in [-0.1, -0.05) is 29.4 Å². The van der Waals surface area contributed by atoms with Gasteiger partial charge in [-0.05, 0) is 61.2 Å². The van der Waals surface area contributed by atoms with Gasteiger partial charge in [-0.25, -0.2) is 13.5 Å². The van der Waals surface area contributed by atoms with E-state index in [1.165, 1.54) is 30.3 Å². The van der Waals surface area contributed by atoms with E-state index in [1.807, 2.05) is 25.1 Å². The van der Waals surface area contributed by atoms with Crippen molar-refractivity contribution in [1.82, 2.24) is 19.9 Å². The Morgan fingerprint density at radius 3 is 2.50 bits per heavy atom. The van der Waals surface area contributed by atoms with E-state index < -0.39 is 12.3 Å². The summed E-state index contributed by atoms with van der Waals surface area (Å²) < 4.78 is 34.0. The van der Waals surface area contributed by atoms with Gasteiger partial charge in [0, 0.05) is 5.56 Å². The molecule has 0 radical (unpaired) electrons. The van der Waals surface area contributed by atoms with Gasteiger partial charge in [-0.15, -0.1) is 0 Å². The Kier molecular flexibility index (Phi) is 4.61. The minimum absolute atomic E-state index is 0.0780. The van der Waals surface area contributed by atoms with Gasteiger partial charge in [-0.3, -0.25) is 4.79 Å². The van der Waals surface area contributed by atoms with Crippen LogP contribution in [0.2, 0.25) is 0 Å². The lowest BCUT2D eigenvalue weighted by atomic mass is 9.91. The van der Waals surface area contributed by atoms with Crippen molar-refractivity contribution in [2.24, 2.45) is 5.73 Å². The molecule has 162 valence electrons. The predicted octanol–water partition coefficient (Wildman–Crippen LogP) is 4.35. The standard InChI is InChI=1S/C23H19F2N5O2/c1-13-4-2-3-5-16(13)23(10-11-23)22-27-21(32-29-22)17-12-18(19(24)25)30(28-17)15-8-6-14(7-9-15)20(26)31/h2-9,12,19H,10-11H2,1H3,(H2,26,31). The zero-order valence-electron chi connectivity index (χ0n) is 17.1. The number of amides is 1. The number of halogens is 2. The van der Waals surface area contributed by atoms with Crippen molar-refractivity contribution in [2.45, 2.75) is 31.6 Å². The summed E-state index contributed by atoms with van der Waals surface area (Å²) in [7, 11) is 0. The molecule has 7 nitrogen and oxygen atoms in total. The van der Waals surface area contributed by atoms with Gasteiger partial charge in [0.25, 0.3) is 12.3 Å². The molecule has 0 atom stereocenters. The molecule has 0 spiro atoms. The first-order valence-electron chi connectivity index (χ1n) is 10.1.